The predicted octanol–water partition coefficient (Wildman–Crippen LogP) is 4.42. The fourth-order valence-corrected chi connectivity index (χ4v) is 4.71. The fraction of sp³-hybridized carbons (Fsp3) is 0.444. The van der Waals surface area contributed by atoms with E-state index in [0.717, 1.165) is 27.4 Å². The second kappa shape index (κ2) is 8.18. The number of aromatic nitrogens is 5. The molecular formula is C18H21N5OS2. The van der Waals surface area contributed by atoms with E-state index < -0.39 is 0 Å². The zero-order valence-electron chi connectivity index (χ0n) is 14.7. The smallest absolute Gasteiger partial charge is 0.209 e. The maximum Gasteiger partial charge on any atom is 0.209 e. The van der Waals surface area contributed by atoms with E-state index in [9.17, 15) is 0 Å². The summed E-state index contributed by atoms with van der Waals surface area (Å²) >= 11 is 3.28. The molecule has 1 fully saturated rings. The van der Waals surface area contributed by atoms with Crippen LogP contribution in [-0.2, 0) is 12.4 Å². The van der Waals surface area contributed by atoms with Crippen LogP contribution in [0.4, 0.5) is 0 Å². The van der Waals surface area contributed by atoms with Crippen LogP contribution < -0.4 is 4.74 Å². The molecule has 0 bridgehead atoms. The summed E-state index contributed by atoms with van der Waals surface area (Å²) in [6, 6.07) is 8.54. The van der Waals surface area contributed by atoms with E-state index in [2.05, 4.69) is 32.8 Å². The Bertz CT molecular complexity index is 839. The molecule has 1 aromatic carbocycles. The van der Waals surface area contributed by atoms with Gasteiger partial charge in [0.1, 0.15) is 17.4 Å². The molecule has 0 amide bonds. The third kappa shape index (κ3) is 4.24. The minimum Gasteiger partial charge on any atom is -0.486 e. The van der Waals surface area contributed by atoms with Crippen molar-refractivity contribution in [3.63, 3.8) is 0 Å². The number of aryl methyl sites for hydroxylation is 1. The summed E-state index contributed by atoms with van der Waals surface area (Å²) in [5.41, 5.74) is 2.27. The van der Waals surface area contributed by atoms with E-state index in [1.807, 2.05) is 28.9 Å². The van der Waals surface area contributed by atoms with Gasteiger partial charge in [0.15, 0.2) is 0 Å². The first kappa shape index (κ1) is 17.5. The number of thioether (sulfide) groups is 1. The SMILES string of the molecule is Cc1ccc(OCc2nc(CSc3nnnn3C3CCCC3)cs2)cc1. The Balaban J connectivity index is 1.31. The van der Waals surface area contributed by atoms with E-state index in [1.54, 1.807) is 23.1 Å². The van der Waals surface area contributed by atoms with Crippen LogP contribution in [0, 0.1) is 6.92 Å². The molecule has 2 heterocycles. The molecule has 0 spiro atoms. The van der Waals surface area contributed by atoms with Gasteiger partial charge in [-0.15, -0.1) is 16.4 Å². The number of rotatable bonds is 7. The van der Waals surface area contributed by atoms with Crippen LogP contribution in [0.15, 0.2) is 34.8 Å². The van der Waals surface area contributed by atoms with Gasteiger partial charge in [-0.05, 0) is 42.3 Å². The molecule has 1 saturated carbocycles. The Kier molecular flexibility index (Phi) is 5.50. The zero-order chi connectivity index (χ0) is 17.8. The maximum atomic E-state index is 5.80. The summed E-state index contributed by atoms with van der Waals surface area (Å²) in [6.45, 7) is 2.57. The average Bonchev–Trinajstić information content (AvgIpc) is 3.40. The van der Waals surface area contributed by atoms with Gasteiger partial charge < -0.3 is 4.74 Å². The van der Waals surface area contributed by atoms with Crippen molar-refractivity contribution in [2.45, 2.75) is 56.2 Å². The van der Waals surface area contributed by atoms with Crippen molar-refractivity contribution in [2.24, 2.45) is 0 Å². The van der Waals surface area contributed by atoms with E-state index in [1.165, 1.54) is 31.2 Å². The van der Waals surface area contributed by atoms with Crippen LogP contribution >= 0.6 is 23.1 Å². The molecule has 136 valence electrons. The summed E-state index contributed by atoms with van der Waals surface area (Å²) in [5.74, 6) is 1.64. The van der Waals surface area contributed by atoms with Gasteiger partial charge in [-0.1, -0.05) is 42.3 Å². The average molecular weight is 388 g/mol. The molecule has 1 aliphatic carbocycles. The van der Waals surface area contributed by atoms with Gasteiger partial charge in [0.05, 0.1) is 11.7 Å². The van der Waals surface area contributed by atoms with Crippen LogP contribution in [0.2, 0.25) is 0 Å². The van der Waals surface area contributed by atoms with Crippen LogP contribution in [-0.4, -0.2) is 25.2 Å². The lowest BCUT2D eigenvalue weighted by Crippen LogP contribution is -2.08. The van der Waals surface area contributed by atoms with Crippen molar-refractivity contribution in [3.05, 3.63) is 45.9 Å². The summed E-state index contributed by atoms with van der Waals surface area (Å²) in [5, 5.41) is 16.2. The molecule has 4 rings (SSSR count). The molecule has 2 aromatic heterocycles. The second-order valence-corrected chi connectivity index (χ2v) is 8.35. The Morgan fingerprint density at radius 1 is 1.23 bits per heavy atom. The first-order chi connectivity index (χ1) is 12.8. The lowest BCUT2D eigenvalue weighted by Gasteiger charge is -2.10. The lowest BCUT2D eigenvalue weighted by atomic mass is 10.2. The monoisotopic (exact) mass is 387 g/mol. The van der Waals surface area contributed by atoms with E-state index in [0.29, 0.717) is 12.6 Å². The van der Waals surface area contributed by atoms with Gasteiger partial charge in [-0.25, -0.2) is 9.67 Å². The maximum absolute atomic E-state index is 5.80. The topological polar surface area (TPSA) is 65.7 Å². The number of thiazole rings is 1. The third-order valence-electron chi connectivity index (χ3n) is 4.46. The van der Waals surface area contributed by atoms with Crippen LogP contribution in [0.3, 0.4) is 0 Å². The van der Waals surface area contributed by atoms with Gasteiger partial charge in [0.25, 0.3) is 0 Å². The number of ether oxygens (including phenoxy) is 1. The number of tetrazole rings is 1. The summed E-state index contributed by atoms with van der Waals surface area (Å²) in [6.07, 6.45) is 4.89. The van der Waals surface area contributed by atoms with Gasteiger partial charge in [-0.2, -0.15) is 0 Å². The lowest BCUT2D eigenvalue weighted by molar-refractivity contribution is 0.305. The van der Waals surface area contributed by atoms with Crippen molar-refractivity contribution in [2.75, 3.05) is 0 Å². The highest BCUT2D eigenvalue weighted by atomic mass is 32.2. The number of nitrogens with zero attached hydrogens (tertiary/aromatic N) is 5. The molecule has 26 heavy (non-hydrogen) atoms. The van der Waals surface area contributed by atoms with Crippen LogP contribution in [0.5, 0.6) is 5.75 Å². The number of hydrogen-bond acceptors (Lipinski definition) is 7. The minimum absolute atomic E-state index is 0.460. The van der Waals surface area contributed by atoms with Crippen molar-refractivity contribution >= 4 is 23.1 Å². The van der Waals surface area contributed by atoms with E-state index in [-0.39, 0.29) is 0 Å². The summed E-state index contributed by atoms with van der Waals surface area (Å²) in [7, 11) is 0. The quantitative estimate of drug-likeness (QED) is 0.559. The minimum atomic E-state index is 0.460. The van der Waals surface area contributed by atoms with Crippen molar-refractivity contribution in [3.8, 4) is 5.75 Å². The molecule has 0 atom stereocenters. The molecular weight excluding hydrogens is 366 g/mol. The highest BCUT2D eigenvalue weighted by molar-refractivity contribution is 7.98. The van der Waals surface area contributed by atoms with Crippen LogP contribution in [0.1, 0.15) is 48.0 Å². The first-order valence-electron chi connectivity index (χ1n) is 8.81. The molecule has 0 aliphatic heterocycles. The Morgan fingerprint density at radius 3 is 2.85 bits per heavy atom. The third-order valence-corrected chi connectivity index (χ3v) is 6.30. The highest BCUT2D eigenvalue weighted by Gasteiger charge is 2.21. The number of benzene rings is 1. The zero-order valence-corrected chi connectivity index (χ0v) is 16.3. The fourth-order valence-electron chi connectivity index (χ4n) is 3.06. The molecule has 0 unspecified atom stereocenters. The standard InChI is InChI=1S/C18H21N5OS2/c1-13-6-8-16(9-7-13)24-10-17-19-14(11-25-17)12-26-18-20-21-22-23(18)15-4-2-3-5-15/h6-9,11,15H,2-5,10,12H2,1H3. The van der Waals surface area contributed by atoms with Crippen molar-refractivity contribution in [1.29, 1.82) is 0 Å². The number of hydrogen-bond donors (Lipinski definition) is 0. The largest absolute Gasteiger partial charge is 0.486 e. The molecule has 0 radical (unpaired) electrons. The summed E-state index contributed by atoms with van der Waals surface area (Å²) in [4.78, 5) is 4.66. The van der Waals surface area contributed by atoms with E-state index >= 15 is 0 Å². The first-order valence-corrected chi connectivity index (χ1v) is 10.7. The molecule has 3 aromatic rings. The Hall–Kier alpha value is -1.93. The highest BCUT2D eigenvalue weighted by Crippen LogP contribution is 2.32. The molecule has 0 saturated heterocycles. The van der Waals surface area contributed by atoms with Crippen molar-refractivity contribution < 1.29 is 4.74 Å². The van der Waals surface area contributed by atoms with Gasteiger partial charge >= 0.3 is 0 Å². The molecule has 8 heteroatoms. The predicted molar refractivity (Wildman–Crippen MR) is 103 cm³/mol. The van der Waals surface area contributed by atoms with Crippen LogP contribution in [0.25, 0.3) is 0 Å². The van der Waals surface area contributed by atoms with Crippen molar-refractivity contribution in [1.82, 2.24) is 25.2 Å². The Labute approximate surface area is 161 Å². The second-order valence-electron chi connectivity index (χ2n) is 6.47. The normalized spacial score (nSPS) is 14.8. The molecule has 1 aliphatic rings. The molecule has 0 N–H and O–H groups in total. The van der Waals surface area contributed by atoms with E-state index in [4.69, 9.17) is 4.74 Å². The summed E-state index contributed by atoms with van der Waals surface area (Å²) < 4.78 is 7.79. The van der Waals surface area contributed by atoms with Gasteiger partial charge in [-0.3, -0.25) is 0 Å². The molecule has 6 nitrogen and oxygen atoms in total. The van der Waals surface area contributed by atoms with Gasteiger partial charge in [0, 0.05) is 11.1 Å². The Morgan fingerprint density at radius 2 is 2.04 bits per heavy atom. The van der Waals surface area contributed by atoms with Gasteiger partial charge in [0.2, 0.25) is 5.16 Å².